The Balaban J connectivity index is 1.53. The third-order valence-corrected chi connectivity index (χ3v) is 4.52. The van der Waals surface area contributed by atoms with Crippen molar-refractivity contribution in [3.8, 4) is 0 Å². The van der Waals surface area contributed by atoms with Gasteiger partial charge in [0.05, 0.1) is 0 Å². The maximum Gasteiger partial charge on any atom is 0.191 e. The smallest absolute Gasteiger partial charge is 0.191 e. The number of hydrogen-bond donors (Lipinski definition) is 2. The molecule has 2 rings (SSSR count). The van der Waals surface area contributed by atoms with Crippen molar-refractivity contribution >= 4 is 21.9 Å². The first-order valence-corrected chi connectivity index (χ1v) is 9.41. The van der Waals surface area contributed by atoms with Gasteiger partial charge in [-0.1, -0.05) is 28.1 Å². The van der Waals surface area contributed by atoms with Crippen LogP contribution in [0.4, 0.5) is 0 Å². The summed E-state index contributed by atoms with van der Waals surface area (Å²) in [5, 5.41) is 6.64. The van der Waals surface area contributed by atoms with E-state index in [2.05, 4.69) is 43.7 Å². The number of hydrogen-bond acceptors (Lipinski definition) is 3. The fraction of sp³-hybridized carbons (Fsp3) is 0.611. The van der Waals surface area contributed by atoms with Crippen LogP contribution in [0.2, 0.25) is 0 Å². The molecule has 0 bridgehead atoms. The number of benzene rings is 1. The van der Waals surface area contributed by atoms with Crippen molar-refractivity contribution in [2.75, 3.05) is 40.0 Å². The van der Waals surface area contributed by atoms with Gasteiger partial charge in [-0.3, -0.25) is 4.99 Å². The molecule has 0 saturated carbocycles. The predicted octanol–water partition coefficient (Wildman–Crippen LogP) is 2.95. The lowest BCUT2D eigenvalue weighted by Crippen LogP contribution is -2.37. The van der Waals surface area contributed by atoms with E-state index >= 15 is 0 Å². The highest BCUT2D eigenvalue weighted by Gasteiger charge is 2.13. The number of ether oxygens (including phenoxy) is 2. The van der Waals surface area contributed by atoms with Gasteiger partial charge in [0.2, 0.25) is 0 Å². The summed E-state index contributed by atoms with van der Waals surface area (Å²) in [6.45, 7) is 5.02. The lowest BCUT2D eigenvalue weighted by Gasteiger charge is -2.21. The summed E-state index contributed by atoms with van der Waals surface area (Å²) in [7, 11) is 1.79. The molecule has 1 fully saturated rings. The van der Waals surface area contributed by atoms with Crippen LogP contribution in [-0.4, -0.2) is 46.0 Å². The molecule has 0 aromatic heterocycles. The number of aliphatic imine (C=N–C) groups is 1. The zero-order chi connectivity index (χ0) is 17.0. The second-order valence-electron chi connectivity index (χ2n) is 5.97. The van der Waals surface area contributed by atoms with E-state index in [4.69, 9.17) is 9.47 Å². The van der Waals surface area contributed by atoms with Crippen LogP contribution in [0.1, 0.15) is 24.8 Å². The molecule has 0 unspecified atom stereocenters. The average Bonchev–Trinajstić information content (AvgIpc) is 2.61. The normalized spacial score (nSPS) is 16.2. The third kappa shape index (κ3) is 7.64. The van der Waals surface area contributed by atoms with Gasteiger partial charge in [0.25, 0.3) is 0 Å². The van der Waals surface area contributed by atoms with Crippen molar-refractivity contribution in [1.82, 2.24) is 10.6 Å². The Bertz CT molecular complexity index is 505. The van der Waals surface area contributed by atoms with Crippen LogP contribution < -0.4 is 10.6 Å². The topological polar surface area (TPSA) is 54.9 Å². The maximum absolute atomic E-state index is 5.77. The molecule has 1 aliphatic rings. The van der Waals surface area contributed by atoms with Gasteiger partial charge in [-0.05, 0) is 42.9 Å². The number of guanidine groups is 1. The lowest BCUT2D eigenvalue weighted by molar-refractivity contribution is 0.0203. The van der Waals surface area contributed by atoms with E-state index in [1.54, 1.807) is 7.05 Å². The summed E-state index contributed by atoms with van der Waals surface area (Å²) in [6, 6.07) is 8.25. The first-order valence-electron chi connectivity index (χ1n) is 8.62. The van der Waals surface area contributed by atoms with E-state index in [0.29, 0.717) is 5.92 Å². The Labute approximate surface area is 153 Å². The largest absolute Gasteiger partial charge is 0.381 e. The van der Waals surface area contributed by atoms with Crippen LogP contribution >= 0.6 is 15.9 Å². The molecule has 0 aliphatic carbocycles. The molecule has 6 heteroatoms. The van der Waals surface area contributed by atoms with Gasteiger partial charge in [0.1, 0.15) is 0 Å². The van der Waals surface area contributed by atoms with Crippen LogP contribution in [0.3, 0.4) is 0 Å². The van der Waals surface area contributed by atoms with Crippen LogP contribution in [0.15, 0.2) is 33.7 Å². The van der Waals surface area contributed by atoms with Gasteiger partial charge in [0, 0.05) is 51.0 Å². The van der Waals surface area contributed by atoms with Crippen molar-refractivity contribution in [1.29, 1.82) is 0 Å². The van der Waals surface area contributed by atoms with Crippen LogP contribution in [0, 0.1) is 5.92 Å². The Morgan fingerprint density at radius 2 is 2.17 bits per heavy atom. The molecule has 0 spiro atoms. The maximum atomic E-state index is 5.77. The molecule has 1 saturated heterocycles. The minimum atomic E-state index is 0.673. The molecule has 0 radical (unpaired) electrons. The number of nitrogens with zero attached hydrogens (tertiary/aromatic N) is 1. The fourth-order valence-corrected chi connectivity index (χ4v) is 3.04. The monoisotopic (exact) mass is 397 g/mol. The quantitative estimate of drug-likeness (QED) is 0.402. The highest BCUT2D eigenvalue weighted by atomic mass is 79.9. The summed E-state index contributed by atoms with van der Waals surface area (Å²) < 4.78 is 12.2. The molecule has 134 valence electrons. The second kappa shape index (κ2) is 11.4. The van der Waals surface area contributed by atoms with Crippen LogP contribution in [0.5, 0.6) is 0 Å². The average molecular weight is 398 g/mol. The first-order chi connectivity index (χ1) is 11.8. The van der Waals surface area contributed by atoms with E-state index in [1.165, 1.54) is 5.56 Å². The molecular formula is C18H28BrN3O2. The molecule has 1 aliphatic heterocycles. The van der Waals surface area contributed by atoms with Crippen molar-refractivity contribution in [3.05, 3.63) is 34.3 Å². The number of halogens is 1. The molecule has 1 heterocycles. The highest BCUT2D eigenvalue weighted by Crippen LogP contribution is 2.14. The Morgan fingerprint density at radius 3 is 2.92 bits per heavy atom. The van der Waals surface area contributed by atoms with Crippen LogP contribution in [0.25, 0.3) is 0 Å². The van der Waals surface area contributed by atoms with Crippen molar-refractivity contribution in [2.45, 2.75) is 25.8 Å². The van der Waals surface area contributed by atoms with E-state index in [1.807, 2.05) is 12.1 Å². The minimum absolute atomic E-state index is 0.673. The number of rotatable bonds is 8. The van der Waals surface area contributed by atoms with Crippen molar-refractivity contribution in [2.24, 2.45) is 10.9 Å². The SMILES string of the molecule is CN=C(NCCCOCC1CCOCC1)NCc1cccc(Br)c1. The summed E-state index contributed by atoms with van der Waals surface area (Å²) in [5.41, 5.74) is 1.21. The zero-order valence-electron chi connectivity index (χ0n) is 14.4. The molecule has 2 N–H and O–H groups in total. The Hall–Kier alpha value is -1.11. The first kappa shape index (κ1) is 19.2. The summed E-state index contributed by atoms with van der Waals surface area (Å²) >= 11 is 3.49. The molecule has 1 aromatic rings. The van der Waals surface area contributed by atoms with E-state index < -0.39 is 0 Å². The van der Waals surface area contributed by atoms with Gasteiger partial charge in [-0.25, -0.2) is 0 Å². The molecule has 1 aromatic carbocycles. The van der Waals surface area contributed by atoms with Gasteiger partial charge in [-0.2, -0.15) is 0 Å². The van der Waals surface area contributed by atoms with Gasteiger partial charge >= 0.3 is 0 Å². The van der Waals surface area contributed by atoms with E-state index in [0.717, 1.165) is 69.2 Å². The lowest BCUT2D eigenvalue weighted by atomic mass is 10.0. The zero-order valence-corrected chi connectivity index (χ0v) is 16.0. The van der Waals surface area contributed by atoms with E-state index in [9.17, 15) is 0 Å². The van der Waals surface area contributed by atoms with Crippen molar-refractivity contribution in [3.63, 3.8) is 0 Å². The Morgan fingerprint density at radius 1 is 1.33 bits per heavy atom. The molecule has 0 atom stereocenters. The minimum Gasteiger partial charge on any atom is -0.381 e. The standard InChI is InChI=1S/C18H28BrN3O2/c1-20-18(22-13-16-4-2-5-17(19)12-16)21-8-3-9-24-14-15-6-10-23-11-7-15/h2,4-5,12,15H,3,6-11,13-14H2,1H3,(H2,20,21,22). The third-order valence-electron chi connectivity index (χ3n) is 4.02. The summed E-state index contributed by atoms with van der Waals surface area (Å²) in [6.07, 6.45) is 3.23. The Kier molecular flexibility index (Phi) is 9.16. The summed E-state index contributed by atoms with van der Waals surface area (Å²) in [5.74, 6) is 1.49. The van der Waals surface area contributed by atoms with Crippen LogP contribution in [-0.2, 0) is 16.0 Å². The van der Waals surface area contributed by atoms with E-state index in [-0.39, 0.29) is 0 Å². The molecule has 24 heavy (non-hydrogen) atoms. The van der Waals surface area contributed by atoms with Gasteiger partial charge < -0.3 is 20.1 Å². The molecule has 0 amide bonds. The summed E-state index contributed by atoms with van der Waals surface area (Å²) in [4.78, 5) is 4.24. The fourth-order valence-electron chi connectivity index (χ4n) is 2.60. The number of nitrogens with one attached hydrogen (secondary N) is 2. The highest BCUT2D eigenvalue weighted by molar-refractivity contribution is 9.10. The molecule has 5 nitrogen and oxygen atoms in total. The van der Waals surface area contributed by atoms with Crippen molar-refractivity contribution < 1.29 is 9.47 Å². The van der Waals surface area contributed by atoms with Gasteiger partial charge in [-0.15, -0.1) is 0 Å². The molecular weight excluding hydrogens is 370 g/mol. The van der Waals surface area contributed by atoms with Gasteiger partial charge in [0.15, 0.2) is 5.96 Å². The second-order valence-corrected chi connectivity index (χ2v) is 6.88. The predicted molar refractivity (Wildman–Crippen MR) is 101 cm³/mol.